The third-order valence-electron chi connectivity index (χ3n) is 4.74. The number of benzene rings is 1. The SMILES string of the molecule is O=S(=O)(NCc1ccc(-c2ccoc2)nc1)c1ccc2c(c1)CCCC2. The van der Waals surface area contributed by atoms with E-state index in [0.29, 0.717) is 4.90 Å². The summed E-state index contributed by atoms with van der Waals surface area (Å²) in [5, 5.41) is 0. The van der Waals surface area contributed by atoms with Crippen LogP contribution in [-0.4, -0.2) is 13.4 Å². The fraction of sp³-hybridized carbons (Fsp3) is 0.250. The quantitative estimate of drug-likeness (QED) is 0.745. The van der Waals surface area contributed by atoms with Crippen LogP contribution in [0.15, 0.2) is 64.4 Å². The molecule has 26 heavy (non-hydrogen) atoms. The highest BCUT2D eigenvalue weighted by Crippen LogP contribution is 2.24. The van der Waals surface area contributed by atoms with Crippen molar-refractivity contribution in [3.05, 3.63) is 71.8 Å². The van der Waals surface area contributed by atoms with Crippen molar-refractivity contribution in [3.8, 4) is 11.3 Å². The lowest BCUT2D eigenvalue weighted by Gasteiger charge is -2.16. The molecule has 2 heterocycles. The molecule has 4 rings (SSSR count). The number of hydrogen-bond donors (Lipinski definition) is 1. The van der Waals surface area contributed by atoms with E-state index in [1.165, 1.54) is 12.0 Å². The molecule has 0 amide bonds. The Hall–Kier alpha value is -2.44. The second-order valence-corrected chi connectivity index (χ2v) is 8.29. The first-order valence-corrected chi connectivity index (χ1v) is 10.2. The van der Waals surface area contributed by atoms with Crippen molar-refractivity contribution in [2.75, 3.05) is 0 Å². The lowest BCUT2D eigenvalue weighted by atomic mass is 9.92. The van der Waals surface area contributed by atoms with Gasteiger partial charge in [-0.3, -0.25) is 4.98 Å². The number of hydrogen-bond acceptors (Lipinski definition) is 4. The van der Waals surface area contributed by atoms with Crippen molar-refractivity contribution in [2.45, 2.75) is 37.1 Å². The predicted molar refractivity (Wildman–Crippen MR) is 99.0 cm³/mol. The summed E-state index contributed by atoms with van der Waals surface area (Å²) < 4.78 is 32.9. The first-order chi connectivity index (χ1) is 12.6. The van der Waals surface area contributed by atoms with E-state index in [2.05, 4.69) is 9.71 Å². The second-order valence-electron chi connectivity index (χ2n) is 6.53. The molecular formula is C20H20N2O3S. The molecule has 0 atom stereocenters. The molecular weight excluding hydrogens is 348 g/mol. The van der Waals surface area contributed by atoms with Gasteiger partial charge in [-0.15, -0.1) is 0 Å². The van der Waals surface area contributed by atoms with E-state index >= 15 is 0 Å². The van der Waals surface area contributed by atoms with Crippen molar-refractivity contribution in [3.63, 3.8) is 0 Å². The van der Waals surface area contributed by atoms with Crippen LogP contribution < -0.4 is 4.72 Å². The average Bonchev–Trinajstić information content (AvgIpc) is 3.21. The van der Waals surface area contributed by atoms with Crippen LogP contribution in [-0.2, 0) is 29.4 Å². The molecule has 1 aliphatic rings. The van der Waals surface area contributed by atoms with Gasteiger partial charge in [-0.25, -0.2) is 13.1 Å². The lowest BCUT2D eigenvalue weighted by molar-refractivity contribution is 0.568. The molecule has 5 nitrogen and oxygen atoms in total. The van der Waals surface area contributed by atoms with Gasteiger partial charge in [0.15, 0.2) is 0 Å². The molecule has 3 aromatic rings. The molecule has 0 bridgehead atoms. The smallest absolute Gasteiger partial charge is 0.240 e. The van der Waals surface area contributed by atoms with Crippen LogP contribution in [0, 0.1) is 0 Å². The van der Waals surface area contributed by atoms with Crippen LogP contribution in [0.1, 0.15) is 29.5 Å². The topological polar surface area (TPSA) is 72.2 Å². The normalized spacial score (nSPS) is 14.2. The molecule has 2 aromatic heterocycles. The van der Waals surface area contributed by atoms with Gasteiger partial charge in [0.1, 0.15) is 0 Å². The Kier molecular flexibility index (Phi) is 4.61. The van der Waals surface area contributed by atoms with Crippen LogP contribution in [0.4, 0.5) is 0 Å². The minimum absolute atomic E-state index is 0.206. The van der Waals surface area contributed by atoms with E-state index in [1.54, 1.807) is 24.8 Å². The minimum atomic E-state index is -3.54. The van der Waals surface area contributed by atoms with Gasteiger partial charge in [-0.05, 0) is 66.6 Å². The molecule has 0 radical (unpaired) electrons. The molecule has 0 aliphatic heterocycles. The number of sulfonamides is 1. The molecule has 0 unspecified atom stereocenters. The monoisotopic (exact) mass is 368 g/mol. The highest BCUT2D eigenvalue weighted by atomic mass is 32.2. The highest BCUT2D eigenvalue weighted by Gasteiger charge is 2.17. The van der Waals surface area contributed by atoms with E-state index in [4.69, 9.17) is 4.42 Å². The van der Waals surface area contributed by atoms with E-state index in [-0.39, 0.29) is 6.54 Å². The van der Waals surface area contributed by atoms with Gasteiger partial charge in [0.2, 0.25) is 10.0 Å². The highest BCUT2D eigenvalue weighted by molar-refractivity contribution is 7.89. The maximum atomic E-state index is 12.6. The first kappa shape index (κ1) is 17.0. The van der Waals surface area contributed by atoms with Gasteiger partial charge >= 0.3 is 0 Å². The summed E-state index contributed by atoms with van der Waals surface area (Å²) >= 11 is 0. The predicted octanol–water partition coefficient (Wildman–Crippen LogP) is 3.70. The second kappa shape index (κ2) is 7.05. The zero-order chi connectivity index (χ0) is 18.0. The van der Waals surface area contributed by atoms with Gasteiger partial charge in [0, 0.05) is 18.3 Å². The van der Waals surface area contributed by atoms with Gasteiger partial charge in [-0.1, -0.05) is 12.1 Å². The number of fused-ring (bicyclic) bond motifs is 1. The molecule has 0 spiro atoms. The number of nitrogens with one attached hydrogen (secondary N) is 1. The molecule has 0 saturated heterocycles. The van der Waals surface area contributed by atoms with E-state index in [1.807, 2.05) is 30.3 Å². The maximum Gasteiger partial charge on any atom is 0.240 e. The zero-order valence-electron chi connectivity index (χ0n) is 14.3. The summed E-state index contributed by atoms with van der Waals surface area (Å²) in [5.41, 5.74) is 4.92. The largest absolute Gasteiger partial charge is 0.472 e. The Morgan fingerprint density at radius 1 is 1.04 bits per heavy atom. The van der Waals surface area contributed by atoms with Gasteiger partial charge in [-0.2, -0.15) is 0 Å². The van der Waals surface area contributed by atoms with Crippen LogP contribution in [0.25, 0.3) is 11.3 Å². The summed E-state index contributed by atoms with van der Waals surface area (Å²) in [6, 6.07) is 11.0. The fourth-order valence-corrected chi connectivity index (χ4v) is 4.32. The van der Waals surface area contributed by atoms with Gasteiger partial charge in [0.05, 0.1) is 23.1 Å². The average molecular weight is 368 g/mol. The van der Waals surface area contributed by atoms with Crippen LogP contribution in [0.2, 0.25) is 0 Å². The molecule has 0 saturated carbocycles. The molecule has 1 aliphatic carbocycles. The number of rotatable bonds is 5. The number of pyridine rings is 1. The number of aryl methyl sites for hydroxylation is 2. The summed E-state index contributed by atoms with van der Waals surface area (Å²) in [4.78, 5) is 4.69. The Bertz CT molecular complexity index is 994. The molecule has 1 N–H and O–H groups in total. The van der Waals surface area contributed by atoms with Crippen molar-refractivity contribution in [1.82, 2.24) is 9.71 Å². The van der Waals surface area contributed by atoms with E-state index in [9.17, 15) is 8.42 Å². The van der Waals surface area contributed by atoms with Crippen molar-refractivity contribution in [1.29, 1.82) is 0 Å². The summed E-state index contributed by atoms with van der Waals surface area (Å²) in [5.74, 6) is 0. The minimum Gasteiger partial charge on any atom is -0.472 e. The Labute approximate surface area is 153 Å². The van der Waals surface area contributed by atoms with Crippen molar-refractivity contribution >= 4 is 10.0 Å². The summed E-state index contributed by atoms with van der Waals surface area (Å²) in [6.45, 7) is 0.206. The number of nitrogens with zero attached hydrogens (tertiary/aromatic N) is 1. The van der Waals surface area contributed by atoms with Crippen LogP contribution in [0.5, 0.6) is 0 Å². The third-order valence-corrected chi connectivity index (χ3v) is 6.14. The van der Waals surface area contributed by atoms with E-state index < -0.39 is 10.0 Å². The summed E-state index contributed by atoms with van der Waals surface area (Å²) in [6.07, 6.45) is 9.20. The molecule has 134 valence electrons. The zero-order valence-corrected chi connectivity index (χ0v) is 15.1. The van der Waals surface area contributed by atoms with Crippen LogP contribution >= 0.6 is 0 Å². The number of aromatic nitrogens is 1. The maximum absolute atomic E-state index is 12.6. The Balaban J connectivity index is 1.46. The fourth-order valence-electron chi connectivity index (χ4n) is 3.25. The number of furan rings is 1. The molecule has 6 heteroatoms. The third kappa shape index (κ3) is 3.57. The lowest BCUT2D eigenvalue weighted by Crippen LogP contribution is -2.23. The Morgan fingerprint density at radius 3 is 2.62 bits per heavy atom. The van der Waals surface area contributed by atoms with Crippen molar-refractivity contribution in [2.24, 2.45) is 0 Å². The summed E-state index contributed by atoms with van der Waals surface area (Å²) in [7, 11) is -3.54. The molecule has 0 fully saturated rings. The first-order valence-electron chi connectivity index (χ1n) is 8.71. The van der Waals surface area contributed by atoms with E-state index in [0.717, 1.165) is 41.6 Å². The van der Waals surface area contributed by atoms with Crippen molar-refractivity contribution < 1.29 is 12.8 Å². The Morgan fingerprint density at radius 2 is 1.88 bits per heavy atom. The van der Waals surface area contributed by atoms with Gasteiger partial charge < -0.3 is 4.42 Å². The van der Waals surface area contributed by atoms with Gasteiger partial charge in [0.25, 0.3) is 0 Å². The van der Waals surface area contributed by atoms with Crippen LogP contribution in [0.3, 0.4) is 0 Å². The molecule has 1 aromatic carbocycles. The standard InChI is InChI=1S/C20H20N2O3S/c23-26(24,19-7-6-16-3-1-2-4-17(16)11-19)22-13-15-5-8-20(21-12-15)18-9-10-25-14-18/h5-12,14,22H,1-4,13H2.